The lowest BCUT2D eigenvalue weighted by Gasteiger charge is -2.33. The summed E-state index contributed by atoms with van der Waals surface area (Å²) in [7, 11) is 1.59. The number of carbonyl (C=O) groups is 1. The number of benzene rings is 2. The quantitative estimate of drug-likeness (QED) is 0.180. The highest BCUT2D eigenvalue weighted by Crippen LogP contribution is 2.35. The molecule has 0 radical (unpaired) electrons. The Morgan fingerprint density at radius 2 is 1.70 bits per heavy atom. The molecule has 1 heterocycles. The molecule has 1 aliphatic heterocycles. The molecule has 1 aliphatic rings. The molecule has 0 spiro atoms. The van der Waals surface area contributed by atoms with E-state index in [1.54, 1.807) is 25.3 Å². The Balaban J connectivity index is 2.21. The normalized spacial score (nSPS) is 17.6. The van der Waals surface area contributed by atoms with Crippen LogP contribution < -0.4 is 10.1 Å². The van der Waals surface area contributed by atoms with E-state index in [-0.39, 0.29) is 17.3 Å². The monoisotopic (exact) mass is 545 g/mol. The maximum absolute atomic E-state index is 14.9. The van der Waals surface area contributed by atoms with Crippen LogP contribution in [-0.2, 0) is 4.79 Å². The van der Waals surface area contributed by atoms with Crippen LogP contribution in [0, 0.1) is 46.7 Å². The second kappa shape index (κ2) is 14.4. The molecule has 6 heteroatoms. The van der Waals surface area contributed by atoms with Crippen LogP contribution >= 0.6 is 0 Å². The third-order valence-corrected chi connectivity index (χ3v) is 8.67. The van der Waals surface area contributed by atoms with Gasteiger partial charge >= 0.3 is 0 Å². The number of Topliss-reactive ketones (excluding diaryl/α,β-unsaturated/α-hetero) is 1. The van der Waals surface area contributed by atoms with E-state index in [0.29, 0.717) is 51.8 Å². The van der Waals surface area contributed by atoms with Gasteiger partial charge in [0.1, 0.15) is 17.6 Å². The number of aliphatic imine (C=N–C) groups is 1. The SMILES string of the molecule is COc1ccc(C(C(C)=O)=C(N=C(CC(C)C(C)C2CCNCC2)C(C)C(C)C)c2ccc(C#N)c(F)c2)cc1. The summed E-state index contributed by atoms with van der Waals surface area (Å²) in [5.74, 6) is 1.96. The molecule has 1 fully saturated rings. The molecule has 5 nitrogen and oxygen atoms in total. The molecule has 2 aromatic carbocycles. The maximum atomic E-state index is 14.9. The number of nitrogens with zero attached hydrogens (tertiary/aromatic N) is 2. The van der Waals surface area contributed by atoms with Crippen molar-refractivity contribution in [3.63, 3.8) is 0 Å². The standard InChI is InChI=1S/C34H44FN3O2/c1-21(2)23(4)32(18-22(3)24(5)26-14-16-37-17-15-26)38-34(28-8-9-29(20-36)31(35)19-28)33(25(6)39)27-10-12-30(40-7)13-11-27/h8-13,19,21-24,26,37H,14-18H2,1-7H3. The molecule has 3 unspecified atom stereocenters. The van der Waals surface area contributed by atoms with Crippen molar-refractivity contribution < 1.29 is 13.9 Å². The fourth-order valence-electron chi connectivity index (χ4n) is 5.49. The van der Waals surface area contributed by atoms with E-state index >= 15 is 0 Å². The number of piperidine rings is 1. The Labute approximate surface area is 239 Å². The van der Waals surface area contributed by atoms with E-state index in [2.05, 4.69) is 39.9 Å². The van der Waals surface area contributed by atoms with Gasteiger partial charge in [0.15, 0.2) is 5.78 Å². The van der Waals surface area contributed by atoms with Crippen LogP contribution in [0.4, 0.5) is 4.39 Å². The number of ether oxygens (including phenoxy) is 1. The second-order valence-corrected chi connectivity index (χ2v) is 11.6. The molecule has 1 saturated heterocycles. The van der Waals surface area contributed by atoms with E-state index in [1.165, 1.54) is 31.9 Å². The zero-order valence-corrected chi connectivity index (χ0v) is 25.1. The molecule has 2 aromatic rings. The molecular weight excluding hydrogens is 501 g/mol. The molecule has 0 saturated carbocycles. The van der Waals surface area contributed by atoms with E-state index in [4.69, 9.17) is 9.73 Å². The number of ketones is 1. The highest BCUT2D eigenvalue weighted by atomic mass is 19.1. The van der Waals surface area contributed by atoms with Gasteiger partial charge in [0.2, 0.25) is 0 Å². The summed E-state index contributed by atoms with van der Waals surface area (Å²) < 4.78 is 20.2. The number of hydrogen-bond acceptors (Lipinski definition) is 5. The van der Waals surface area contributed by atoms with Crippen LogP contribution in [-0.4, -0.2) is 31.7 Å². The van der Waals surface area contributed by atoms with E-state index in [0.717, 1.165) is 25.2 Å². The lowest BCUT2D eigenvalue weighted by molar-refractivity contribution is -0.111. The van der Waals surface area contributed by atoms with E-state index in [9.17, 15) is 14.4 Å². The van der Waals surface area contributed by atoms with Crippen molar-refractivity contribution in [1.82, 2.24) is 5.32 Å². The summed E-state index contributed by atoms with van der Waals surface area (Å²) in [5, 5.41) is 12.8. The lowest BCUT2D eigenvalue weighted by atomic mass is 9.75. The zero-order valence-electron chi connectivity index (χ0n) is 25.1. The number of methoxy groups -OCH3 is 1. The Hall–Kier alpha value is -3.30. The first kappa shape index (κ1) is 31.2. The van der Waals surface area contributed by atoms with E-state index < -0.39 is 5.82 Å². The minimum Gasteiger partial charge on any atom is -0.497 e. The van der Waals surface area contributed by atoms with Gasteiger partial charge in [-0.1, -0.05) is 52.8 Å². The fraction of sp³-hybridized carbons (Fsp3) is 0.500. The summed E-state index contributed by atoms with van der Waals surface area (Å²) in [6.45, 7) is 14.8. The van der Waals surface area contributed by atoms with Crippen molar-refractivity contribution in [3.8, 4) is 11.8 Å². The Bertz CT molecular complexity index is 1270. The number of hydrogen-bond donors (Lipinski definition) is 1. The number of carbonyl (C=O) groups excluding carboxylic acids is 1. The molecule has 0 aromatic heterocycles. The smallest absolute Gasteiger partial charge is 0.162 e. The van der Waals surface area contributed by atoms with Crippen molar-refractivity contribution >= 4 is 22.8 Å². The van der Waals surface area contributed by atoms with Gasteiger partial charge in [0, 0.05) is 11.3 Å². The minimum atomic E-state index is -0.628. The van der Waals surface area contributed by atoms with E-state index in [1.807, 2.05) is 18.2 Å². The number of halogens is 1. The third kappa shape index (κ3) is 7.67. The average molecular weight is 546 g/mol. The molecule has 40 heavy (non-hydrogen) atoms. The number of nitrogens with one attached hydrogen (secondary N) is 1. The van der Waals surface area contributed by atoms with Gasteiger partial charge in [-0.3, -0.25) is 9.79 Å². The van der Waals surface area contributed by atoms with Crippen molar-refractivity contribution in [2.45, 2.75) is 60.8 Å². The second-order valence-electron chi connectivity index (χ2n) is 11.6. The van der Waals surface area contributed by atoms with Crippen LogP contribution in [0.25, 0.3) is 11.3 Å². The summed E-state index contributed by atoms with van der Waals surface area (Å²) >= 11 is 0. The Morgan fingerprint density at radius 1 is 1.07 bits per heavy atom. The first-order valence-electron chi connectivity index (χ1n) is 14.4. The number of rotatable bonds is 11. The molecule has 3 rings (SSSR count). The fourth-order valence-corrected chi connectivity index (χ4v) is 5.49. The number of allylic oxidation sites excluding steroid dienone is 1. The molecule has 1 N–H and O–H groups in total. The lowest BCUT2D eigenvalue weighted by Crippen LogP contribution is -2.33. The van der Waals surface area contributed by atoms with Gasteiger partial charge in [-0.05, 0) is 98.7 Å². The van der Waals surface area contributed by atoms with Crippen LogP contribution in [0.2, 0.25) is 0 Å². The van der Waals surface area contributed by atoms with Crippen LogP contribution in [0.5, 0.6) is 5.75 Å². The van der Waals surface area contributed by atoms with Crippen molar-refractivity contribution in [1.29, 1.82) is 5.26 Å². The number of nitriles is 1. The Kier molecular flexibility index (Phi) is 11.2. The van der Waals surface area contributed by atoms with Gasteiger partial charge in [-0.25, -0.2) is 4.39 Å². The van der Waals surface area contributed by atoms with Crippen LogP contribution in [0.15, 0.2) is 47.5 Å². The summed E-state index contributed by atoms with van der Waals surface area (Å²) in [6, 6.07) is 13.6. The molecule has 0 amide bonds. The Morgan fingerprint density at radius 3 is 2.23 bits per heavy atom. The van der Waals surface area contributed by atoms with Crippen LogP contribution in [0.3, 0.4) is 0 Å². The zero-order chi connectivity index (χ0) is 29.4. The molecule has 0 bridgehead atoms. The highest BCUT2D eigenvalue weighted by molar-refractivity contribution is 6.27. The minimum absolute atomic E-state index is 0.0407. The van der Waals surface area contributed by atoms with Crippen molar-refractivity contribution in [3.05, 3.63) is 65.0 Å². The first-order chi connectivity index (χ1) is 19.1. The topological polar surface area (TPSA) is 74.5 Å². The molecule has 214 valence electrons. The maximum Gasteiger partial charge on any atom is 0.162 e. The molecular formula is C34H44FN3O2. The van der Waals surface area contributed by atoms with Crippen LogP contribution in [0.1, 0.15) is 77.5 Å². The van der Waals surface area contributed by atoms with Gasteiger partial charge in [0.05, 0.1) is 23.9 Å². The average Bonchev–Trinajstić information content (AvgIpc) is 2.95. The van der Waals surface area contributed by atoms with Crippen molar-refractivity contribution in [2.75, 3.05) is 20.2 Å². The predicted molar refractivity (Wildman–Crippen MR) is 162 cm³/mol. The predicted octanol–water partition coefficient (Wildman–Crippen LogP) is 7.56. The van der Waals surface area contributed by atoms with Crippen molar-refractivity contribution in [2.24, 2.45) is 34.6 Å². The summed E-state index contributed by atoms with van der Waals surface area (Å²) in [4.78, 5) is 18.5. The summed E-state index contributed by atoms with van der Waals surface area (Å²) in [5.41, 5.74) is 2.98. The van der Waals surface area contributed by atoms with Gasteiger partial charge in [-0.2, -0.15) is 5.26 Å². The third-order valence-electron chi connectivity index (χ3n) is 8.67. The largest absolute Gasteiger partial charge is 0.497 e. The summed E-state index contributed by atoms with van der Waals surface area (Å²) in [6.07, 6.45) is 3.15. The molecule has 3 atom stereocenters. The highest BCUT2D eigenvalue weighted by Gasteiger charge is 2.28. The first-order valence-corrected chi connectivity index (χ1v) is 14.4. The van der Waals surface area contributed by atoms with Gasteiger partial charge < -0.3 is 10.1 Å². The molecule has 0 aliphatic carbocycles. The van der Waals surface area contributed by atoms with Gasteiger partial charge in [0.25, 0.3) is 0 Å². The van der Waals surface area contributed by atoms with Gasteiger partial charge in [-0.15, -0.1) is 0 Å².